The van der Waals surface area contributed by atoms with Gasteiger partial charge in [-0.3, -0.25) is 4.98 Å². The van der Waals surface area contributed by atoms with Gasteiger partial charge in [0.25, 0.3) is 0 Å². The Labute approximate surface area is 122 Å². The number of hydrogen-bond donors (Lipinski definition) is 1. The predicted molar refractivity (Wildman–Crippen MR) is 76.1 cm³/mol. The fourth-order valence-electron chi connectivity index (χ4n) is 2.49. The Morgan fingerprint density at radius 3 is 2.24 bits per heavy atom. The molecule has 0 bridgehead atoms. The molecule has 0 fully saturated rings. The molecular weight excluding hydrogens is 277 g/mol. The van der Waals surface area contributed by atoms with Crippen LogP contribution in [0.3, 0.4) is 0 Å². The lowest BCUT2D eigenvalue weighted by Crippen LogP contribution is -2.23. The van der Waals surface area contributed by atoms with Gasteiger partial charge >= 0.3 is 6.18 Å². The van der Waals surface area contributed by atoms with E-state index in [1.54, 1.807) is 13.1 Å². The van der Waals surface area contributed by atoms with E-state index in [9.17, 15) is 13.2 Å². The number of nitrogens with zero attached hydrogens (tertiary/aromatic N) is 1. The third-order valence-electron chi connectivity index (χ3n) is 3.44. The molecule has 1 N–H and O–H groups in total. The SMILES string of the molecule is CNC(c1ccccc1C(F)(F)F)c1ccc(C)nc1C. The van der Waals surface area contributed by atoms with Crippen molar-refractivity contribution in [3.05, 3.63) is 64.5 Å². The minimum atomic E-state index is -4.38. The number of aryl methyl sites for hydroxylation is 2. The summed E-state index contributed by atoms with van der Waals surface area (Å²) in [5, 5.41) is 2.97. The highest BCUT2D eigenvalue weighted by Gasteiger charge is 2.35. The smallest absolute Gasteiger partial charge is 0.309 e. The van der Waals surface area contributed by atoms with E-state index in [1.165, 1.54) is 12.1 Å². The highest BCUT2D eigenvalue weighted by molar-refractivity contribution is 5.40. The van der Waals surface area contributed by atoms with E-state index in [0.717, 1.165) is 23.0 Å². The molecule has 112 valence electrons. The number of pyridine rings is 1. The largest absolute Gasteiger partial charge is 0.416 e. The first-order valence-electron chi connectivity index (χ1n) is 6.62. The average Bonchev–Trinajstić information content (AvgIpc) is 2.41. The van der Waals surface area contributed by atoms with Crippen LogP contribution in [0.5, 0.6) is 0 Å². The van der Waals surface area contributed by atoms with Crippen LogP contribution < -0.4 is 5.32 Å². The van der Waals surface area contributed by atoms with E-state index in [4.69, 9.17) is 0 Å². The van der Waals surface area contributed by atoms with Crippen LogP contribution in [-0.2, 0) is 6.18 Å². The Morgan fingerprint density at radius 1 is 1.00 bits per heavy atom. The number of rotatable bonds is 3. The van der Waals surface area contributed by atoms with Crippen LogP contribution in [0.15, 0.2) is 36.4 Å². The maximum atomic E-state index is 13.2. The topological polar surface area (TPSA) is 24.9 Å². The summed E-state index contributed by atoms with van der Waals surface area (Å²) in [6.45, 7) is 3.66. The molecule has 1 atom stereocenters. The number of halogens is 3. The van der Waals surface area contributed by atoms with E-state index in [-0.39, 0.29) is 5.56 Å². The van der Waals surface area contributed by atoms with Crippen molar-refractivity contribution in [2.75, 3.05) is 7.05 Å². The van der Waals surface area contributed by atoms with Crippen molar-refractivity contribution in [3.8, 4) is 0 Å². The summed E-state index contributed by atoms with van der Waals surface area (Å²) in [6.07, 6.45) is -4.38. The molecule has 2 nitrogen and oxygen atoms in total. The van der Waals surface area contributed by atoms with Crippen molar-refractivity contribution in [1.82, 2.24) is 10.3 Å². The maximum absolute atomic E-state index is 13.2. The van der Waals surface area contributed by atoms with Crippen molar-refractivity contribution >= 4 is 0 Å². The molecule has 0 amide bonds. The first-order valence-corrected chi connectivity index (χ1v) is 6.62. The predicted octanol–water partition coefficient (Wildman–Crippen LogP) is 4.03. The third-order valence-corrected chi connectivity index (χ3v) is 3.44. The molecule has 2 aromatic rings. The van der Waals surface area contributed by atoms with Crippen LogP contribution in [0.2, 0.25) is 0 Å². The van der Waals surface area contributed by atoms with Crippen molar-refractivity contribution in [2.45, 2.75) is 26.1 Å². The monoisotopic (exact) mass is 294 g/mol. The Balaban J connectivity index is 2.57. The molecule has 21 heavy (non-hydrogen) atoms. The zero-order valence-corrected chi connectivity index (χ0v) is 12.1. The maximum Gasteiger partial charge on any atom is 0.416 e. The lowest BCUT2D eigenvalue weighted by atomic mass is 9.93. The molecule has 1 aromatic heterocycles. The fourth-order valence-corrected chi connectivity index (χ4v) is 2.49. The quantitative estimate of drug-likeness (QED) is 0.924. The molecule has 1 aromatic carbocycles. The van der Waals surface area contributed by atoms with Crippen LogP contribution >= 0.6 is 0 Å². The standard InChI is InChI=1S/C16H17F3N2/c1-10-8-9-12(11(2)21-10)15(20-3)13-6-4-5-7-14(13)16(17,18)19/h4-9,15,20H,1-3H3. The molecule has 0 spiro atoms. The molecule has 0 saturated heterocycles. The second kappa shape index (κ2) is 5.85. The molecular formula is C16H17F3N2. The lowest BCUT2D eigenvalue weighted by Gasteiger charge is -2.23. The summed E-state index contributed by atoms with van der Waals surface area (Å²) in [5.74, 6) is 0. The molecule has 0 aliphatic carbocycles. The van der Waals surface area contributed by atoms with Crippen molar-refractivity contribution in [3.63, 3.8) is 0 Å². The molecule has 1 heterocycles. The van der Waals surface area contributed by atoms with E-state index < -0.39 is 17.8 Å². The van der Waals surface area contributed by atoms with Crippen LogP contribution in [0.25, 0.3) is 0 Å². The van der Waals surface area contributed by atoms with Crippen LogP contribution in [0.1, 0.15) is 34.1 Å². The van der Waals surface area contributed by atoms with E-state index in [2.05, 4.69) is 10.3 Å². The minimum Gasteiger partial charge on any atom is -0.309 e. The molecule has 5 heteroatoms. The number of alkyl halides is 3. The van der Waals surface area contributed by atoms with E-state index in [0.29, 0.717) is 0 Å². The number of nitrogens with one attached hydrogen (secondary N) is 1. The lowest BCUT2D eigenvalue weighted by molar-refractivity contribution is -0.138. The summed E-state index contributed by atoms with van der Waals surface area (Å²) in [7, 11) is 1.65. The second-order valence-corrected chi connectivity index (χ2v) is 4.93. The number of benzene rings is 1. The molecule has 0 radical (unpaired) electrons. The highest BCUT2D eigenvalue weighted by Crippen LogP contribution is 2.36. The van der Waals surface area contributed by atoms with Crippen LogP contribution in [0, 0.1) is 13.8 Å². The van der Waals surface area contributed by atoms with Crippen molar-refractivity contribution in [1.29, 1.82) is 0 Å². The van der Waals surface area contributed by atoms with Gasteiger partial charge in [-0.25, -0.2) is 0 Å². The zero-order chi connectivity index (χ0) is 15.6. The van der Waals surface area contributed by atoms with E-state index >= 15 is 0 Å². The molecule has 0 saturated carbocycles. The fraction of sp³-hybridized carbons (Fsp3) is 0.312. The normalized spacial score (nSPS) is 13.2. The van der Waals surface area contributed by atoms with E-state index in [1.807, 2.05) is 26.0 Å². The van der Waals surface area contributed by atoms with Gasteiger partial charge in [-0.05, 0) is 44.2 Å². The summed E-state index contributed by atoms with van der Waals surface area (Å²) in [5.41, 5.74) is 1.91. The van der Waals surface area contributed by atoms with Gasteiger partial charge in [0, 0.05) is 11.4 Å². The van der Waals surface area contributed by atoms with Gasteiger partial charge in [0.05, 0.1) is 11.6 Å². The number of hydrogen-bond acceptors (Lipinski definition) is 2. The second-order valence-electron chi connectivity index (χ2n) is 4.93. The number of aromatic nitrogens is 1. The van der Waals surface area contributed by atoms with Crippen molar-refractivity contribution < 1.29 is 13.2 Å². The van der Waals surface area contributed by atoms with Crippen molar-refractivity contribution in [2.24, 2.45) is 0 Å². The van der Waals surface area contributed by atoms with Gasteiger partial charge in [-0.15, -0.1) is 0 Å². The first kappa shape index (κ1) is 15.5. The highest BCUT2D eigenvalue weighted by atomic mass is 19.4. The Morgan fingerprint density at radius 2 is 1.67 bits per heavy atom. The summed E-state index contributed by atoms with van der Waals surface area (Å²) >= 11 is 0. The Kier molecular flexibility index (Phi) is 4.32. The Bertz CT molecular complexity index is 636. The van der Waals surface area contributed by atoms with Gasteiger partial charge in [0.2, 0.25) is 0 Å². The summed E-state index contributed by atoms with van der Waals surface area (Å²) < 4.78 is 39.5. The zero-order valence-electron chi connectivity index (χ0n) is 12.1. The van der Waals surface area contributed by atoms with Gasteiger partial charge in [-0.1, -0.05) is 24.3 Å². The summed E-state index contributed by atoms with van der Waals surface area (Å²) in [4.78, 5) is 4.34. The first-order chi connectivity index (χ1) is 9.84. The Hall–Kier alpha value is -1.88. The molecule has 1 unspecified atom stereocenters. The van der Waals surface area contributed by atoms with Gasteiger partial charge in [0.1, 0.15) is 0 Å². The average molecular weight is 294 g/mol. The van der Waals surface area contributed by atoms with Crippen LogP contribution in [0.4, 0.5) is 13.2 Å². The van der Waals surface area contributed by atoms with Crippen LogP contribution in [-0.4, -0.2) is 12.0 Å². The van der Waals surface area contributed by atoms with Gasteiger partial charge in [0.15, 0.2) is 0 Å². The molecule has 0 aliphatic rings. The molecule has 2 rings (SSSR count). The van der Waals surface area contributed by atoms with Gasteiger partial charge in [-0.2, -0.15) is 13.2 Å². The molecule has 0 aliphatic heterocycles. The summed E-state index contributed by atoms with van der Waals surface area (Å²) in [6, 6.07) is 8.72. The minimum absolute atomic E-state index is 0.209. The third kappa shape index (κ3) is 3.24. The van der Waals surface area contributed by atoms with Gasteiger partial charge < -0.3 is 5.32 Å².